The third-order valence-corrected chi connectivity index (χ3v) is 3.16. The average Bonchev–Trinajstić information content (AvgIpc) is 2.53. The largest absolute Gasteiger partial charge is 0.463 e. The molecular formula is C10H19N3O. The van der Waals surface area contributed by atoms with Crippen LogP contribution in [0.25, 0.3) is 0 Å². The number of aliphatic imine (C=N–C) groups is 1. The van der Waals surface area contributed by atoms with Gasteiger partial charge in [0.25, 0.3) is 6.02 Å². The molecule has 0 aliphatic carbocycles. The van der Waals surface area contributed by atoms with E-state index in [0.29, 0.717) is 12.6 Å². The number of amidine groups is 1. The van der Waals surface area contributed by atoms with E-state index in [1.165, 1.54) is 13.0 Å². The number of piperidine rings is 1. The minimum Gasteiger partial charge on any atom is -0.463 e. The number of hydrogen-bond donors (Lipinski definition) is 1. The lowest BCUT2D eigenvalue weighted by molar-refractivity contribution is 0.135. The van der Waals surface area contributed by atoms with E-state index in [9.17, 15) is 0 Å². The van der Waals surface area contributed by atoms with Crippen LogP contribution in [0.15, 0.2) is 4.99 Å². The van der Waals surface area contributed by atoms with Crippen LogP contribution in [0.2, 0.25) is 0 Å². The molecular weight excluding hydrogens is 178 g/mol. The van der Waals surface area contributed by atoms with E-state index in [4.69, 9.17) is 10.5 Å². The Bertz CT molecular complexity index is 232. The quantitative estimate of drug-likeness (QED) is 0.704. The summed E-state index contributed by atoms with van der Waals surface area (Å²) in [5, 5.41) is 0. The first-order chi connectivity index (χ1) is 6.74. The molecule has 2 heterocycles. The summed E-state index contributed by atoms with van der Waals surface area (Å²) < 4.78 is 5.25. The minimum absolute atomic E-state index is 0.0221. The number of nitrogens with zero attached hydrogens (tertiary/aromatic N) is 2. The Labute approximate surface area is 85.1 Å². The average molecular weight is 197 g/mol. The fourth-order valence-corrected chi connectivity index (χ4v) is 2.27. The first-order valence-corrected chi connectivity index (χ1v) is 5.45. The van der Waals surface area contributed by atoms with Gasteiger partial charge in [0.2, 0.25) is 0 Å². The second-order valence-electron chi connectivity index (χ2n) is 4.30. The van der Waals surface area contributed by atoms with Crippen LogP contribution in [0.4, 0.5) is 0 Å². The number of ether oxygens (including phenoxy) is 1. The summed E-state index contributed by atoms with van der Waals surface area (Å²) in [5.74, 6) is 0. The van der Waals surface area contributed by atoms with E-state index in [1.54, 1.807) is 0 Å². The Balaban J connectivity index is 1.89. The van der Waals surface area contributed by atoms with Gasteiger partial charge in [0.05, 0.1) is 0 Å². The fourth-order valence-electron chi connectivity index (χ4n) is 2.27. The van der Waals surface area contributed by atoms with Crippen molar-refractivity contribution in [2.45, 2.75) is 31.7 Å². The van der Waals surface area contributed by atoms with Crippen molar-refractivity contribution in [1.29, 1.82) is 0 Å². The van der Waals surface area contributed by atoms with Crippen molar-refractivity contribution in [3.8, 4) is 0 Å². The van der Waals surface area contributed by atoms with Crippen LogP contribution in [0.5, 0.6) is 0 Å². The zero-order chi connectivity index (χ0) is 10.0. The van der Waals surface area contributed by atoms with Crippen molar-refractivity contribution in [3.05, 3.63) is 0 Å². The van der Waals surface area contributed by atoms with E-state index >= 15 is 0 Å². The normalized spacial score (nSPS) is 26.2. The molecule has 0 aromatic rings. The molecule has 1 spiro atoms. The monoisotopic (exact) mass is 197 g/mol. The molecule has 0 aromatic carbocycles. The van der Waals surface area contributed by atoms with Crippen LogP contribution < -0.4 is 5.73 Å². The summed E-state index contributed by atoms with van der Waals surface area (Å²) in [5.41, 5.74) is 5.57. The summed E-state index contributed by atoms with van der Waals surface area (Å²) in [6.07, 6.45) is 3.41. The molecule has 4 nitrogen and oxygen atoms in total. The Kier molecular flexibility index (Phi) is 2.63. The molecule has 1 fully saturated rings. The highest BCUT2D eigenvalue weighted by atomic mass is 16.5. The van der Waals surface area contributed by atoms with Gasteiger partial charge in [0.1, 0.15) is 12.1 Å². The smallest absolute Gasteiger partial charge is 0.282 e. The van der Waals surface area contributed by atoms with Crippen molar-refractivity contribution < 1.29 is 4.74 Å². The van der Waals surface area contributed by atoms with Crippen molar-refractivity contribution >= 4 is 6.02 Å². The maximum Gasteiger partial charge on any atom is 0.282 e. The second-order valence-corrected chi connectivity index (χ2v) is 4.30. The highest BCUT2D eigenvalue weighted by Crippen LogP contribution is 2.30. The van der Waals surface area contributed by atoms with Gasteiger partial charge >= 0.3 is 0 Å². The zero-order valence-corrected chi connectivity index (χ0v) is 8.83. The predicted octanol–water partition coefficient (Wildman–Crippen LogP) is 0.576. The van der Waals surface area contributed by atoms with Gasteiger partial charge in [-0.2, -0.15) is 0 Å². The minimum atomic E-state index is 0.0221. The summed E-state index contributed by atoms with van der Waals surface area (Å²) in [6, 6.07) is 0.383. The topological polar surface area (TPSA) is 50.9 Å². The van der Waals surface area contributed by atoms with E-state index in [0.717, 1.165) is 25.9 Å². The SMILES string of the molecule is CCCN1CCC2(CC1)COC(N)=N2. The van der Waals surface area contributed by atoms with Crippen molar-refractivity contribution in [1.82, 2.24) is 4.90 Å². The van der Waals surface area contributed by atoms with E-state index < -0.39 is 0 Å². The molecule has 0 saturated carbocycles. The third kappa shape index (κ3) is 1.85. The number of hydrogen-bond acceptors (Lipinski definition) is 4. The van der Waals surface area contributed by atoms with Crippen molar-refractivity contribution in [3.63, 3.8) is 0 Å². The van der Waals surface area contributed by atoms with Crippen LogP contribution in [0.3, 0.4) is 0 Å². The van der Waals surface area contributed by atoms with Crippen LogP contribution in [-0.4, -0.2) is 42.7 Å². The lowest BCUT2D eigenvalue weighted by Crippen LogP contribution is -2.44. The molecule has 0 radical (unpaired) electrons. The van der Waals surface area contributed by atoms with Gasteiger partial charge in [-0.05, 0) is 25.8 Å². The standard InChI is InChI=1S/C10H19N3O/c1-2-5-13-6-3-10(4-7-13)8-14-9(11)12-10/h2-8H2,1H3,(H2,11,12). The zero-order valence-electron chi connectivity index (χ0n) is 8.83. The summed E-state index contributed by atoms with van der Waals surface area (Å²) in [6.45, 7) is 6.39. The maximum absolute atomic E-state index is 5.55. The van der Waals surface area contributed by atoms with Gasteiger partial charge in [-0.25, -0.2) is 4.99 Å². The van der Waals surface area contributed by atoms with Gasteiger partial charge in [0.15, 0.2) is 0 Å². The van der Waals surface area contributed by atoms with Crippen molar-refractivity contribution in [2.75, 3.05) is 26.2 Å². The lowest BCUT2D eigenvalue weighted by atomic mass is 9.89. The lowest BCUT2D eigenvalue weighted by Gasteiger charge is -2.35. The number of nitrogens with two attached hydrogens (primary N) is 1. The van der Waals surface area contributed by atoms with Crippen LogP contribution in [0.1, 0.15) is 26.2 Å². The fraction of sp³-hybridized carbons (Fsp3) is 0.900. The molecule has 0 aromatic heterocycles. The first-order valence-electron chi connectivity index (χ1n) is 5.45. The van der Waals surface area contributed by atoms with Crippen LogP contribution in [0, 0.1) is 0 Å². The molecule has 0 bridgehead atoms. The molecule has 0 atom stereocenters. The molecule has 2 N–H and O–H groups in total. The molecule has 4 heteroatoms. The molecule has 2 aliphatic rings. The highest BCUT2D eigenvalue weighted by Gasteiger charge is 2.38. The summed E-state index contributed by atoms with van der Waals surface area (Å²) >= 11 is 0. The molecule has 2 aliphatic heterocycles. The Hall–Kier alpha value is -0.770. The highest BCUT2D eigenvalue weighted by molar-refractivity contribution is 5.73. The Morgan fingerprint density at radius 3 is 2.71 bits per heavy atom. The van der Waals surface area contributed by atoms with Gasteiger partial charge in [0, 0.05) is 13.1 Å². The Morgan fingerprint density at radius 2 is 2.21 bits per heavy atom. The predicted molar refractivity (Wildman–Crippen MR) is 56.3 cm³/mol. The van der Waals surface area contributed by atoms with E-state index in [2.05, 4.69) is 16.8 Å². The molecule has 0 unspecified atom stereocenters. The molecule has 0 amide bonds. The van der Waals surface area contributed by atoms with Crippen LogP contribution >= 0.6 is 0 Å². The summed E-state index contributed by atoms with van der Waals surface area (Å²) in [7, 11) is 0. The van der Waals surface area contributed by atoms with Gasteiger partial charge in [-0.3, -0.25) is 0 Å². The first kappa shape index (κ1) is 9.77. The maximum atomic E-state index is 5.55. The summed E-state index contributed by atoms with van der Waals surface area (Å²) in [4.78, 5) is 6.91. The van der Waals surface area contributed by atoms with Gasteiger partial charge in [-0.15, -0.1) is 0 Å². The van der Waals surface area contributed by atoms with Gasteiger partial charge in [-0.1, -0.05) is 6.92 Å². The Morgan fingerprint density at radius 1 is 1.50 bits per heavy atom. The van der Waals surface area contributed by atoms with Gasteiger partial charge < -0.3 is 15.4 Å². The molecule has 2 rings (SSSR count). The second kappa shape index (κ2) is 3.77. The molecule has 80 valence electrons. The van der Waals surface area contributed by atoms with Crippen LogP contribution in [-0.2, 0) is 4.74 Å². The van der Waals surface area contributed by atoms with E-state index in [-0.39, 0.29) is 5.54 Å². The molecule has 1 saturated heterocycles. The van der Waals surface area contributed by atoms with E-state index in [1.807, 2.05) is 0 Å². The number of likely N-dealkylation sites (tertiary alicyclic amines) is 1. The van der Waals surface area contributed by atoms with Crippen molar-refractivity contribution in [2.24, 2.45) is 10.7 Å². The number of rotatable bonds is 2. The third-order valence-electron chi connectivity index (χ3n) is 3.16. The molecule has 14 heavy (non-hydrogen) atoms.